The second-order valence-corrected chi connectivity index (χ2v) is 4.14. The number of carbonyl (C=O) groups excluding carboxylic acids is 1. The fraction of sp³-hybridized carbons (Fsp3) is 0.133. The predicted molar refractivity (Wildman–Crippen MR) is 70.2 cm³/mol. The van der Waals surface area contributed by atoms with Gasteiger partial charge in [-0.05, 0) is 29.8 Å². The van der Waals surface area contributed by atoms with Gasteiger partial charge in [0.1, 0.15) is 0 Å². The van der Waals surface area contributed by atoms with E-state index in [1.807, 2.05) is 0 Å². The van der Waals surface area contributed by atoms with Crippen LogP contribution in [-0.2, 0) is 0 Å². The van der Waals surface area contributed by atoms with Gasteiger partial charge < -0.3 is 9.47 Å². The molecule has 0 bridgehead atoms. The Morgan fingerprint density at radius 1 is 0.905 bits per heavy atom. The number of benzene rings is 2. The first-order chi connectivity index (χ1) is 10.0. The molecule has 0 aromatic heterocycles. The highest BCUT2D eigenvalue weighted by Gasteiger charge is 2.19. The van der Waals surface area contributed by atoms with Gasteiger partial charge in [0.15, 0.2) is 35.2 Å². The smallest absolute Gasteiger partial charge is 0.195 e. The maximum atomic E-state index is 13.9. The van der Waals surface area contributed by atoms with E-state index in [2.05, 4.69) is 0 Å². The molecule has 0 saturated carbocycles. The van der Waals surface area contributed by atoms with E-state index in [0.29, 0.717) is 6.29 Å². The van der Waals surface area contributed by atoms with Crippen molar-refractivity contribution in [1.82, 2.24) is 0 Å². The largest absolute Gasteiger partial charge is 0.493 e. The zero-order valence-electron chi connectivity index (χ0n) is 11.2. The molecule has 0 saturated heterocycles. The van der Waals surface area contributed by atoms with Gasteiger partial charge in [-0.15, -0.1) is 0 Å². The normalized spacial score (nSPS) is 10.3. The van der Waals surface area contributed by atoms with Gasteiger partial charge in [-0.1, -0.05) is 0 Å². The molecule has 6 heteroatoms. The summed E-state index contributed by atoms with van der Waals surface area (Å²) in [6, 6.07) is 4.52. The van der Waals surface area contributed by atoms with Crippen molar-refractivity contribution < 1.29 is 27.4 Å². The summed E-state index contributed by atoms with van der Waals surface area (Å²) < 4.78 is 50.3. The first kappa shape index (κ1) is 14.9. The van der Waals surface area contributed by atoms with E-state index in [4.69, 9.17) is 9.47 Å². The van der Waals surface area contributed by atoms with Gasteiger partial charge in [-0.2, -0.15) is 0 Å². The lowest BCUT2D eigenvalue weighted by Gasteiger charge is -2.13. The number of carbonyl (C=O) groups is 1. The van der Waals surface area contributed by atoms with E-state index in [1.54, 1.807) is 0 Å². The summed E-state index contributed by atoms with van der Waals surface area (Å²) in [4.78, 5) is 11.1. The quantitative estimate of drug-likeness (QED) is 0.639. The van der Waals surface area contributed by atoms with Crippen molar-refractivity contribution in [2.75, 3.05) is 14.2 Å². The summed E-state index contributed by atoms with van der Waals surface area (Å²) in [5.74, 6) is -3.76. The zero-order valence-corrected chi connectivity index (χ0v) is 11.2. The van der Waals surface area contributed by atoms with Crippen LogP contribution in [0.15, 0.2) is 24.3 Å². The lowest BCUT2D eigenvalue weighted by molar-refractivity contribution is 0.112. The minimum Gasteiger partial charge on any atom is -0.493 e. The molecule has 110 valence electrons. The summed E-state index contributed by atoms with van der Waals surface area (Å²) in [6.45, 7) is 0. The van der Waals surface area contributed by atoms with Crippen molar-refractivity contribution in [2.45, 2.75) is 0 Å². The molecule has 0 fully saturated rings. The van der Waals surface area contributed by atoms with E-state index >= 15 is 0 Å². The number of hydrogen-bond donors (Lipinski definition) is 0. The van der Waals surface area contributed by atoms with Crippen LogP contribution in [0, 0.1) is 17.5 Å². The molecular formula is C15H11F3O3. The fourth-order valence-electron chi connectivity index (χ4n) is 1.96. The van der Waals surface area contributed by atoms with E-state index in [0.717, 1.165) is 12.1 Å². The Morgan fingerprint density at radius 3 is 2.10 bits per heavy atom. The highest BCUT2D eigenvalue weighted by atomic mass is 19.2. The molecule has 21 heavy (non-hydrogen) atoms. The summed E-state index contributed by atoms with van der Waals surface area (Å²) in [5.41, 5.74) is -0.0893. The Kier molecular flexibility index (Phi) is 4.16. The van der Waals surface area contributed by atoms with Crippen LogP contribution in [0.1, 0.15) is 10.4 Å². The Bertz CT molecular complexity index is 699. The third kappa shape index (κ3) is 2.56. The third-order valence-electron chi connectivity index (χ3n) is 3.01. The number of halogens is 3. The van der Waals surface area contributed by atoms with Gasteiger partial charge in [-0.25, -0.2) is 13.2 Å². The van der Waals surface area contributed by atoms with Gasteiger partial charge >= 0.3 is 0 Å². The van der Waals surface area contributed by atoms with Crippen LogP contribution >= 0.6 is 0 Å². The molecule has 2 aromatic carbocycles. The number of hydrogen-bond acceptors (Lipinski definition) is 3. The van der Waals surface area contributed by atoms with Gasteiger partial charge in [0, 0.05) is 11.1 Å². The standard InChI is InChI=1S/C15H11F3O3/c1-20-12-5-8(7-19)10(6-13(12)21-2)9-3-4-11(16)15(18)14(9)17/h3-7H,1-2H3. The van der Waals surface area contributed by atoms with E-state index in [1.165, 1.54) is 26.4 Å². The molecule has 3 nitrogen and oxygen atoms in total. The van der Waals surface area contributed by atoms with Crippen LogP contribution in [0.3, 0.4) is 0 Å². The maximum absolute atomic E-state index is 13.9. The zero-order chi connectivity index (χ0) is 15.6. The average molecular weight is 296 g/mol. The number of methoxy groups -OCH3 is 2. The first-order valence-corrected chi connectivity index (χ1v) is 5.88. The van der Waals surface area contributed by atoms with Crippen molar-refractivity contribution in [2.24, 2.45) is 0 Å². The number of ether oxygens (including phenoxy) is 2. The molecular weight excluding hydrogens is 285 g/mol. The van der Waals surface area contributed by atoms with Gasteiger partial charge in [-0.3, -0.25) is 4.79 Å². The lowest BCUT2D eigenvalue weighted by Crippen LogP contribution is -1.99. The van der Waals surface area contributed by atoms with E-state index < -0.39 is 17.5 Å². The second kappa shape index (κ2) is 5.87. The van der Waals surface area contributed by atoms with Gasteiger partial charge in [0.25, 0.3) is 0 Å². The predicted octanol–water partition coefficient (Wildman–Crippen LogP) is 3.60. The summed E-state index contributed by atoms with van der Waals surface area (Å²) in [5, 5.41) is 0. The monoisotopic (exact) mass is 296 g/mol. The highest BCUT2D eigenvalue weighted by Crippen LogP contribution is 2.36. The maximum Gasteiger partial charge on any atom is 0.195 e. The topological polar surface area (TPSA) is 35.5 Å². The summed E-state index contributed by atoms with van der Waals surface area (Å²) in [6.07, 6.45) is 0.470. The molecule has 0 heterocycles. The molecule has 0 aliphatic rings. The van der Waals surface area contributed by atoms with Crippen LogP contribution in [0.5, 0.6) is 11.5 Å². The van der Waals surface area contributed by atoms with Crippen molar-refractivity contribution in [3.8, 4) is 22.6 Å². The Balaban J connectivity index is 2.74. The van der Waals surface area contributed by atoms with Crippen LogP contribution in [-0.4, -0.2) is 20.5 Å². The Hall–Kier alpha value is -2.50. The number of aldehydes is 1. The fourth-order valence-corrected chi connectivity index (χ4v) is 1.96. The summed E-state index contributed by atoms with van der Waals surface area (Å²) >= 11 is 0. The van der Waals surface area contributed by atoms with E-state index in [-0.39, 0.29) is 28.2 Å². The van der Waals surface area contributed by atoms with Gasteiger partial charge in [0.2, 0.25) is 0 Å². The molecule has 0 spiro atoms. The minimum atomic E-state index is -1.60. The Morgan fingerprint density at radius 2 is 1.52 bits per heavy atom. The lowest BCUT2D eigenvalue weighted by atomic mass is 9.98. The molecule has 2 aromatic rings. The molecule has 0 unspecified atom stereocenters. The van der Waals surface area contributed by atoms with Crippen molar-refractivity contribution in [3.63, 3.8) is 0 Å². The Labute approximate surface area is 118 Å². The van der Waals surface area contributed by atoms with Crippen LogP contribution < -0.4 is 9.47 Å². The number of rotatable bonds is 4. The van der Waals surface area contributed by atoms with Crippen LogP contribution in [0.4, 0.5) is 13.2 Å². The van der Waals surface area contributed by atoms with Crippen LogP contribution in [0.25, 0.3) is 11.1 Å². The minimum absolute atomic E-state index is 0.0672. The van der Waals surface area contributed by atoms with Crippen molar-refractivity contribution >= 4 is 6.29 Å². The van der Waals surface area contributed by atoms with Crippen molar-refractivity contribution in [3.05, 3.63) is 47.3 Å². The average Bonchev–Trinajstić information content (AvgIpc) is 2.51. The molecule has 2 rings (SSSR count). The summed E-state index contributed by atoms with van der Waals surface area (Å²) in [7, 11) is 2.74. The molecule has 0 aliphatic heterocycles. The van der Waals surface area contributed by atoms with Crippen molar-refractivity contribution in [1.29, 1.82) is 0 Å². The third-order valence-corrected chi connectivity index (χ3v) is 3.01. The van der Waals surface area contributed by atoms with E-state index in [9.17, 15) is 18.0 Å². The molecule has 0 amide bonds. The first-order valence-electron chi connectivity index (χ1n) is 5.88. The SMILES string of the molecule is COc1cc(C=O)c(-c2ccc(F)c(F)c2F)cc1OC. The molecule has 0 N–H and O–H groups in total. The highest BCUT2D eigenvalue weighted by molar-refractivity contribution is 5.89. The molecule has 0 atom stereocenters. The second-order valence-electron chi connectivity index (χ2n) is 4.14. The van der Waals surface area contributed by atoms with Gasteiger partial charge in [0.05, 0.1) is 14.2 Å². The molecule has 0 radical (unpaired) electrons. The molecule has 0 aliphatic carbocycles. The van der Waals surface area contributed by atoms with Crippen LogP contribution in [0.2, 0.25) is 0 Å².